The molecule has 0 N–H and O–H groups in total. The molecule has 0 aliphatic rings. The van der Waals surface area contributed by atoms with Crippen molar-refractivity contribution in [1.82, 2.24) is 4.90 Å². The molecule has 0 unspecified atom stereocenters. The molecule has 0 radical (unpaired) electrons. The number of nitrogens with zero attached hydrogens (tertiary/aromatic N) is 1. The van der Waals surface area contributed by atoms with Gasteiger partial charge in [-0.05, 0) is 52.0 Å². The summed E-state index contributed by atoms with van der Waals surface area (Å²) in [6.07, 6.45) is 0. The molecule has 1 aromatic carbocycles. The fraction of sp³-hybridized carbons (Fsp3) is 0.562. The number of hydrogen-bond donors (Lipinski definition) is 0. The van der Waals surface area contributed by atoms with E-state index in [1.165, 1.54) is 6.92 Å². The van der Waals surface area contributed by atoms with Gasteiger partial charge in [-0.1, -0.05) is 0 Å². The monoisotopic (exact) mass is 315 g/mol. The molecule has 0 atom stereocenters. The van der Waals surface area contributed by atoms with Crippen LogP contribution in [0.4, 0.5) is 0 Å². The Morgan fingerprint density at radius 2 is 1.52 bits per heavy atom. The Labute approximate surface area is 133 Å². The van der Waals surface area contributed by atoms with Crippen molar-refractivity contribution < 1.29 is 14.3 Å². The Hall–Kier alpha value is -1.26. The van der Waals surface area contributed by atoms with Gasteiger partial charge >= 0.3 is 5.97 Å². The maximum Gasteiger partial charge on any atom is 0.308 e. The summed E-state index contributed by atoms with van der Waals surface area (Å²) in [6, 6.07) is 8.11. The number of hydrogen-bond acceptors (Lipinski definition) is 4. The van der Waals surface area contributed by atoms with Crippen molar-refractivity contribution in [1.29, 1.82) is 0 Å². The van der Waals surface area contributed by atoms with Crippen LogP contribution in [0.25, 0.3) is 0 Å². The normalized spacial score (nSPS) is 10.7. The van der Waals surface area contributed by atoms with Crippen LogP contribution in [0.3, 0.4) is 0 Å². The lowest BCUT2D eigenvalue weighted by molar-refractivity contribution is -0.131. The summed E-state index contributed by atoms with van der Waals surface area (Å²) < 4.78 is 10.7. The van der Waals surface area contributed by atoms with Gasteiger partial charge in [-0.25, -0.2) is 0 Å². The molecule has 1 rings (SSSR count). The summed E-state index contributed by atoms with van der Waals surface area (Å²) in [6.45, 7) is 11.7. The van der Waals surface area contributed by atoms with Crippen molar-refractivity contribution in [2.45, 2.75) is 46.7 Å². The number of esters is 1. The average Bonchev–Trinajstić information content (AvgIpc) is 2.35. The lowest BCUT2D eigenvalue weighted by Crippen LogP contribution is -2.39. The molecule has 0 amide bonds. The van der Waals surface area contributed by atoms with E-state index in [4.69, 9.17) is 9.47 Å². The van der Waals surface area contributed by atoms with Crippen LogP contribution in [0.15, 0.2) is 24.3 Å². The summed E-state index contributed by atoms with van der Waals surface area (Å²) in [5, 5.41) is 0. The second kappa shape index (κ2) is 9.64. The summed E-state index contributed by atoms with van der Waals surface area (Å²) in [5.74, 6) is 1.01. The molecule has 0 heterocycles. The number of benzene rings is 1. The van der Waals surface area contributed by atoms with E-state index in [2.05, 4.69) is 32.6 Å². The van der Waals surface area contributed by atoms with Crippen LogP contribution in [0.5, 0.6) is 11.5 Å². The molecular formula is C16H26ClNO3. The maximum atomic E-state index is 10.8. The van der Waals surface area contributed by atoms with Crippen LogP contribution < -0.4 is 9.47 Å². The minimum absolute atomic E-state index is 0. The molecule has 4 nitrogen and oxygen atoms in total. The van der Waals surface area contributed by atoms with Gasteiger partial charge in [0.15, 0.2) is 0 Å². The van der Waals surface area contributed by atoms with Crippen molar-refractivity contribution in [2.24, 2.45) is 0 Å². The molecule has 0 spiro atoms. The van der Waals surface area contributed by atoms with E-state index in [0.29, 0.717) is 24.4 Å². The largest absolute Gasteiger partial charge is 0.492 e. The van der Waals surface area contributed by atoms with Gasteiger partial charge < -0.3 is 9.47 Å². The second-order valence-corrected chi connectivity index (χ2v) is 5.34. The number of rotatable bonds is 7. The molecule has 0 fully saturated rings. The Morgan fingerprint density at radius 1 is 1.05 bits per heavy atom. The van der Waals surface area contributed by atoms with E-state index in [1.54, 1.807) is 12.1 Å². The highest BCUT2D eigenvalue weighted by Gasteiger charge is 2.12. The van der Waals surface area contributed by atoms with Gasteiger partial charge in [0.2, 0.25) is 0 Å². The topological polar surface area (TPSA) is 38.8 Å². The van der Waals surface area contributed by atoms with Crippen molar-refractivity contribution in [2.75, 3.05) is 13.2 Å². The van der Waals surface area contributed by atoms with Crippen molar-refractivity contribution in [3.63, 3.8) is 0 Å². The molecule has 21 heavy (non-hydrogen) atoms. The fourth-order valence-corrected chi connectivity index (χ4v) is 2.15. The minimum Gasteiger partial charge on any atom is -0.492 e. The molecule has 0 aliphatic heterocycles. The Kier molecular flexibility index (Phi) is 9.06. The van der Waals surface area contributed by atoms with Crippen LogP contribution in [-0.2, 0) is 4.79 Å². The zero-order chi connectivity index (χ0) is 15.1. The summed E-state index contributed by atoms with van der Waals surface area (Å²) in [7, 11) is 0. The first-order valence-electron chi connectivity index (χ1n) is 7.07. The van der Waals surface area contributed by atoms with Gasteiger partial charge in [-0.3, -0.25) is 9.69 Å². The number of carbonyl (C=O) groups is 1. The number of ether oxygens (including phenoxy) is 2. The highest BCUT2D eigenvalue weighted by molar-refractivity contribution is 5.85. The quantitative estimate of drug-likeness (QED) is 0.570. The standard InChI is InChI=1S/C16H25NO3.ClH/c1-12(2)17(13(3)4)10-11-19-15-6-8-16(9-7-15)20-14(5)18;/h6-9,12-13H,10-11H2,1-5H3;1H. The van der Waals surface area contributed by atoms with Crippen LogP contribution >= 0.6 is 12.4 Å². The third-order valence-electron chi connectivity index (χ3n) is 3.03. The summed E-state index contributed by atoms with van der Waals surface area (Å²) in [4.78, 5) is 13.2. The van der Waals surface area contributed by atoms with Crippen LogP contribution in [0.1, 0.15) is 34.6 Å². The first kappa shape index (κ1) is 19.7. The van der Waals surface area contributed by atoms with Gasteiger partial charge in [0.25, 0.3) is 0 Å². The highest BCUT2D eigenvalue weighted by atomic mass is 35.5. The summed E-state index contributed by atoms with van der Waals surface area (Å²) >= 11 is 0. The van der Waals surface area contributed by atoms with Gasteiger partial charge in [0, 0.05) is 25.6 Å². The molecule has 0 bridgehead atoms. The van der Waals surface area contributed by atoms with Crippen molar-refractivity contribution in [3.05, 3.63) is 24.3 Å². The molecule has 0 saturated heterocycles. The van der Waals surface area contributed by atoms with E-state index < -0.39 is 0 Å². The van der Waals surface area contributed by atoms with E-state index in [0.717, 1.165) is 12.3 Å². The minimum atomic E-state index is -0.317. The molecule has 5 heteroatoms. The lowest BCUT2D eigenvalue weighted by Gasteiger charge is -2.30. The van der Waals surface area contributed by atoms with Crippen LogP contribution in [0, 0.1) is 0 Å². The number of halogens is 1. The predicted octanol–water partition coefficient (Wildman–Crippen LogP) is 3.53. The van der Waals surface area contributed by atoms with Gasteiger partial charge in [-0.2, -0.15) is 0 Å². The van der Waals surface area contributed by atoms with Crippen LogP contribution in [-0.4, -0.2) is 36.1 Å². The van der Waals surface area contributed by atoms with Gasteiger partial charge in [0.05, 0.1) is 0 Å². The maximum absolute atomic E-state index is 10.8. The first-order chi connectivity index (χ1) is 9.40. The Bertz CT molecular complexity index is 410. The van der Waals surface area contributed by atoms with Gasteiger partial charge in [0.1, 0.15) is 18.1 Å². The SMILES string of the molecule is CC(=O)Oc1ccc(OCCN(C(C)C)C(C)C)cc1.Cl. The fourth-order valence-electron chi connectivity index (χ4n) is 2.15. The van der Waals surface area contributed by atoms with E-state index in [9.17, 15) is 4.79 Å². The zero-order valence-electron chi connectivity index (χ0n) is 13.5. The third kappa shape index (κ3) is 7.34. The molecule has 0 aliphatic carbocycles. The van der Waals surface area contributed by atoms with Crippen LogP contribution in [0.2, 0.25) is 0 Å². The molecule has 0 saturated carbocycles. The van der Waals surface area contributed by atoms with Crippen molar-refractivity contribution >= 4 is 18.4 Å². The van der Waals surface area contributed by atoms with E-state index in [1.807, 2.05) is 12.1 Å². The number of carbonyl (C=O) groups excluding carboxylic acids is 1. The Morgan fingerprint density at radius 3 is 1.95 bits per heavy atom. The van der Waals surface area contributed by atoms with Gasteiger partial charge in [-0.15, -0.1) is 12.4 Å². The van der Waals surface area contributed by atoms with E-state index in [-0.39, 0.29) is 18.4 Å². The molecule has 0 aromatic heterocycles. The second-order valence-electron chi connectivity index (χ2n) is 5.34. The Balaban J connectivity index is 0.00000400. The van der Waals surface area contributed by atoms with Crippen molar-refractivity contribution in [3.8, 4) is 11.5 Å². The average molecular weight is 316 g/mol. The highest BCUT2D eigenvalue weighted by Crippen LogP contribution is 2.17. The zero-order valence-corrected chi connectivity index (χ0v) is 14.3. The molecule has 1 aromatic rings. The lowest BCUT2D eigenvalue weighted by atomic mass is 10.2. The summed E-state index contributed by atoms with van der Waals surface area (Å²) in [5.41, 5.74) is 0. The smallest absolute Gasteiger partial charge is 0.308 e. The molecular weight excluding hydrogens is 290 g/mol. The molecule has 120 valence electrons. The predicted molar refractivity (Wildman–Crippen MR) is 87.5 cm³/mol. The van der Waals surface area contributed by atoms with E-state index >= 15 is 0 Å². The first-order valence-corrected chi connectivity index (χ1v) is 7.07. The third-order valence-corrected chi connectivity index (χ3v) is 3.03.